The van der Waals surface area contributed by atoms with E-state index in [0.29, 0.717) is 12.1 Å². The number of benzene rings is 1. The highest BCUT2D eigenvalue weighted by molar-refractivity contribution is 7.88. The summed E-state index contributed by atoms with van der Waals surface area (Å²) in [4.78, 5) is 9.99. The molecule has 20 heavy (non-hydrogen) atoms. The second-order valence-electron chi connectivity index (χ2n) is 4.69. The number of sulfonamides is 1. The first-order valence-corrected chi connectivity index (χ1v) is 7.84. The van der Waals surface area contributed by atoms with E-state index in [2.05, 4.69) is 10.0 Å². The molecule has 0 bridgehead atoms. The van der Waals surface area contributed by atoms with Gasteiger partial charge in [0.05, 0.1) is 10.7 Å². The standard InChI is InChI=1S/C12H19N3O4S/c1-10(7-13-2)8-14-20(18,19)9-11-3-5-12(6-4-11)15(16)17/h3-6,10,13-14H,7-9H2,1-2H3. The number of hydrogen-bond donors (Lipinski definition) is 2. The number of hydrogen-bond acceptors (Lipinski definition) is 5. The Morgan fingerprint density at radius 2 is 1.85 bits per heavy atom. The lowest BCUT2D eigenvalue weighted by Crippen LogP contribution is -2.33. The van der Waals surface area contributed by atoms with E-state index in [4.69, 9.17) is 0 Å². The van der Waals surface area contributed by atoms with Crippen LogP contribution in [0.5, 0.6) is 0 Å². The van der Waals surface area contributed by atoms with Crippen LogP contribution in [0.1, 0.15) is 12.5 Å². The van der Waals surface area contributed by atoms with Gasteiger partial charge in [-0.15, -0.1) is 0 Å². The lowest BCUT2D eigenvalue weighted by molar-refractivity contribution is -0.384. The molecule has 8 heteroatoms. The van der Waals surface area contributed by atoms with Gasteiger partial charge in [0.2, 0.25) is 10.0 Å². The van der Waals surface area contributed by atoms with Crippen molar-refractivity contribution in [3.8, 4) is 0 Å². The van der Waals surface area contributed by atoms with Crippen molar-refractivity contribution in [2.45, 2.75) is 12.7 Å². The van der Waals surface area contributed by atoms with Crippen molar-refractivity contribution >= 4 is 15.7 Å². The van der Waals surface area contributed by atoms with Gasteiger partial charge in [0.25, 0.3) is 5.69 Å². The average Bonchev–Trinajstić information content (AvgIpc) is 2.37. The number of nitrogens with zero attached hydrogens (tertiary/aromatic N) is 1. The van der Waals surface area contributed by atoms with Crippen LogP contribution in [0.25, 0.3) is 0 Å². The van der Waals surface area contributed by atoms with Gasteiger partial charge in [-0.25, -0.2) is 13.1 Å². The Morgan fingerprint density at radius 3 is 2.35 bits per heavy atom. The zero-order valence-corrected chi connectivity index (χ0v) is 12.3. The second-order valence-corrected chi connectivity index (χ2v) is 6.50. The molecule has 1 rings (SSSR count). The molecule has 2 N–H and O–H groups in total. The third-order valence-electron chi connectivity index (χ3n) is 2.71. The smallest absolute Gasteiger partial charge is 0.269 e. The van der Waals surface area contributed by atoms with Gasteiger partial charge in [0.1, 0.15) is 0 Å². The van der Waals surface area contributed by atoms with E-state index in [1.165, 1.54) is 24.3 Å². The number of non-ortho nitro benzene ring substituents is 1. The molecule has 0 aromatic heterocycles. The van der Waals surface area contributed by atoms with Crippen LogP contribution < -0.4 is 10.0 Å². The summed E-state index contributed by atoms with van der Waals surface area (Å²) in [6, 6.07) is 5.51. The Hall–Kier alpha value is -1.51. The highest BCUT2D eigenvalue weighted by Crippen LogP contribution is 2.13. The predicted molar refractivity (Wildman–Crippen MR) is 76.8 cm³/mol. The van der Waals surface area contributed by atoms with Crippen LogP contribution in [0.3, 0.4) is 0 Å². The molecule has 112 valence electrons. The van der Waals surface area contributed by atoms with Crippen molar-refractivity contribution in [1.82, 2.24) is 10.0 Å². The van der Waals surface area contributed by atoms with Crippen molar-refractivity contribution in [1.29, 1.82) is 0 Å². The molecule has 0 aliphatic rings. The summed E-state index contributed by atoms with van der Waals surface area (Å²) >= 11 is 0. The Bertz CT molecular complexity index is 542. The second kappa shape index (κ2) is 7.32. The minimum Gasteiger partial charge on any atom is -0.319 e. The highest BCUT2D eigenvalue weighted by atomic mass is 32.2. The molecule has 0 saturated carbocycles. The van der Waals surface area contributed by atoms with Crippen LogP contribution in [0.2, 0.25) is 0 Å². The van der Waals surface area contributed by atoms with Crippen molar-refractivity contribution < 1.29 is 13.3 Å². The summed E-state index contributed by atoms with van der Waals surface area (Å²) in [6.07, 6.45) is 0. The van der Waals surface area contributed by atoms with E-state index < -0.39 is 14.9 Å². The largest absolute Gasteiger partial charge is 0.319 e. The van der Waals surface area contributed by atoms with Crippen molar-refractivity contribution in [2.75, 3.05) is 20.1 Å². The average molecular weight is 301 g/mol. The van der Waals surface area contributed by atoms with E-state index in [9.17, 15) is 18.5 Å². The van der Waals surface area contributed by atoms with Gasteiger partial charge in [-0.05, 0) is 25.1 Å². The van der Waals surface area contributed by atoms with Crippen molar-refractivity contribution in [3.63, 3.8) is 0 Å². The lowest BCUT2D eigenvalue weighted by atomic mass is 10.2. The molecule has 0 saturated heterocycles. The molecule has 0 amide bonds. The SMILES string of the molecule is CNCC(C)CNS(=O)(=O)Cc1ccc([N+](=O)[O-])cc1. The maximum absolute atomic E-state index is 11.9. The minimum absolute atomic E-state index is 0.0539. The maximum atomic E-state index is 11.9. The van der Waals surface area contributed by atoms with Gasteiger partial charge < -0.3 is 5.32 Å². The summed E-state index contributed by atoms with van der Waals surface area (Å²) in [5.74, 6) is 0.00343. The van der Waals surface area contributed by atoms with Gasteiger partial charge in [0, 0.05) is 18.7 Å². The first-order chi connectivity index (χ1) is 9.34. The number of nitro groups is 1. The fraction of sp³-hybridized carbons (Fsp3) is 0.500. The molecule has 0 fully saturated rings. The first-order valence-electron chi connectivity index (χ1n) is 6.19. The van der Waals surface area contributed by atoms with Gasteiger partial charge >= 0.3 is 0 Å². The molecule has 7 nitrogen and oxygen atoms in total. The zero-order chi connectivity index (χ0) is 15.2. The Morgan fingerprint density at radius 1 is 1.25 bits per heavy atom. The summed E-state index contributed by atoms with van der Waals surface area (Å²) in [7, 11) is -1.62. The third kappa shape index (κ3) is 5.64. The van der Waals surface area contributed by atoms with Crippen LogP contribution in [0, 0.1) is 16.0 Å². The molecular weight excluding hydrogens is 282 g/mol. The van der Waals surface area contributed by atoms with Gasteiger partial charge in [-0.3, -0.25) is 10.1 Å². The number of nitro benzene ring substituents is 1. The zero-order valence-electron chi connectivity index (χ0n) is 11.5. The van der Waals surface area contributed by atoms with E-state index in [-0.39, 0.29) is 17.4 Å². The summed E-state index contributed by atoms with van der Waals surface area (Å²) in [6.45, 7) is 3.01. The van der Waals surface area contributed by atoms with E-state index in [1.54, 1.807) is 0 Å². The summed E-state index contributed by atoms with van der Waals surface area (Å²) in [5, 5.41) is 13.5. The Balaban J connectivity index is 2.59. The Labute approximate surface area is 118 Å². The summed E-state index contributed by atoms with van der Waals surface area (Å²) in [5.41, 5.74) is 0.464. The van der Waals surface area contributed by atoms with E-state index in [0.717, 1.165) is 6.54 Å². The molecule has 0 heterocycles. The summed E-state index contributed by atoms with van der Waals surface area (Å²) < 4.78 is 26.3. The van der Waals surface area contributed by atoms with E-state index in [1.807, 2.05) is 14.0 Å². The molecule has 1 aromatic carbocycles. The molecule has 0 radical (unpaired) electrons. The number of nitrogens with one attached hydrogen (secondary N) is 2. The molecule has 0 aliphatic heterocycles. The third-order valence-corrected chi connectivity index (χ3v) is 4.03. The molecule has 0 aliphatic carbocycles. The highest BCUT2D eigenvalue weighted by Gasteiger charge is 2.14. The Kier molecular flexibility index (Phi) is 6.05. The topological polar surface area (TPSA) is 101 Å². The van der Waals surface area contributed by atoms with Crippen LogP contribution >= 0.6 is 0 Å². The first kappa shape index (κ1) is 16.5. The molecule has 1 unspecified atom stereocenters. The molecule has 0 spiro atoms. The van der Waals surface area contributed by atoms with Gasteiger partial charge in [0.15, 0.2) is 0 Å². The predicted octanol–water partition coefficient (Wildman–Crippen LogP) is 0.870. The van der Waals surface area contributed by atoms with Crippen LogP contribution in [-0.4, -0.2) is 33.5 Å². The molecule has 1 aromatic rings. The van der Waals surface area contributed by atoms with Gasteiger partial charge in [-0.2, -0.15) is 0 Å². The quantitative estimate of drug-likeness (QED) is 0.548. The maximum Gasteiger partial charge on any atom is 0.269 e. The minimum atomic E-state index is -3.43. The monoisotopic (exact) mass is 301 g/mol. The van der Waals surface area contributed by atoms with Crippen molar-refractivity contribution in [2.24, 2.45) is 5.92 Å². The van der Waals surface area contributed by atoms with Crippen LogP contribution in [0.15, 0.2) is 24.3 Å². The number of rotatable bonds is 8. The lowest BCUT2D eigenvalue weighted by Gasteiger charge is -2.12. The van der Waals surface area contributed by atoms with Crippen LogP contribution in [-0.2, 0) is 15.8 Å². The van der Waals surface area contributed by atoms with Crippen LogP contribution in [0.4, 0.5) is 5.69 Å². The fourth-order valence-electron chi connectivity index (χ4n) is 1.67. The van der Waals surface area contributed by atoms with Gasteiger partial charge in [-0.1, -0.05) is 19.1 Å². The van der Waals surface area contributed by atoms with Crippen molar-refractivity contribution in [3.05, 3.63) is 39.9 Å². The van der Waals surface area contributed by atoms with E-state index >= 15 is 0 Å². The normalized spacial score (nSPS) is 13.1. The fourth-order valence-corrected chi connectivity index (χ4v) is 2.95. The molecular formula is C12H19N3O4S. The molecule has 1 atom stereocenters.